The fourth-order valence-electron chi connectivity index (χ4n) is 1.67. The minimum atomic E-state index is -4.67. The molecule has 21 heavy (non-hydrogen) atoms. The number of halogens is 3. The zero-order valence-electron chi connectivity index (χ0n) is 10.9. The number of nitrogens with zero attached hydrogens (tertiary/aromatic N) is 2. The van der Waals surface area contributed by atoms with E-state index in [1.165, 1.54) is 25.3 Å². The van der Waals surface area contributed by atoms with Gasteiger partial charge in [-0.25, -0.2) is 13.4 Å². The quantitative estimate of drug-likeness (QED) is 0.913. The van der Waals surface area contributed by atoms with Crippen LogP contribution in [0, 0.1) is 6.92 Å². The molecule has 0 amide bonds. The zero-order chi connectivity index (χ0) is 15.7. The van der Waals surface area contributed by atoms with Gasteiger partial charge in [0.25, 0.3) is 10.0 Å². The predicted octanol–water partition coefficient (Wildman–Crippen LogP) is 2.06. The maximum absolute atomic E-state index is 12.6. The van der Waals surface area contributed by atoms with Gasteiger partial charge in [-0.2, -0.15) is 17.5 Å². The highest BCUT2D eigenvalue weighted by atomic mass is 32.2. The van der Waals surface area contributed by atoms with Crippen LogP contribution >= 0.6 is 0 Å². The number of aryl methyl sites for hydroxylation is 1. The average Bonchev–Trinajstić information content (AvgIpc) is 2.98. The Morgan fingerprint density at radius 3 is 2.62 bits per heavy atom. The van der Waals surface area contributed by atoms with Gasteiger partial charge in [0.1, 0.15) is 18.1 Å². The van der Waals surface area contributed by atoms with Crippen molar-refractivity contribution in [1.82, 2.24) is 14.3 Å². The Labute approximate surface area is 118 Å². The normalized spacial score (nSPS) is 13.0. The van der Waals surface area contributed by atoms with Crippen molar-refractivity contribution in [3.63, 3.8) is 0 Å². The Hall–Kier alpha value is -1.81. The molecule has 1 N–H and O–H groups in total. The van der Waals surface area contributed by atoms with E-state index in [0.29, 0.717) is 10.1 Å². The van der Waals surface area contributed by atoms with Gasteiger partial charge >= 0.3 is 6.18 Å². The first-order chi connectivity index (χ1) is 9.68. The molecular formula is C11H12F3N3O3S. The van der Waals surface area contributed by atoms with Gasteiger partial charge in [0.2, 0.25) is 0 Å². The van der Waals surface area contributed by atoms with E-state index >= 15 is 0 Å². The molecule has 10 heteroatoms. The lowest BCUT2D eigenvalue weighted by molar-refractivity contribution is -0.137. The zero-order valence-corrected chi connectivity index (χ0v) is 11.7. The van der Waals surface area contributed by atoms with Gasteiger partial charge < -0.3 is 9.40 Å². The average molecular weight is 323 g/mol. The minimum absolute atomic E-state index is 0.110. The molecule has 0 atom stereocenters. The van der Waals surface area contributed by atoms with Crippen LogP contribution in [0.3, 0.4) is 0 Å². The Balaban J connectivity index is 2.34. The van der Waals surface area contributed by atoms with Crippen LogP contribution in [0.5, 0.6) is 0 Å². The van der Waals surface area contributed by atoms with Gasteiger partial charge in [-0.3, -0.25) is 0 Å². The molecule has 0 aliphatic heterocycles. The van der Waals surface area contributed by atoms with Crippen molar-refractivity contribution in [3.8, 4) is 0 Å². The molecule has 0 unspecified atom stereocenters. The molecular weight excluding hydrogens is 311 g/mol. The Morgan fingerprint density at radius 1 is 1.43 bits per heavy atom. The second-order valence-electron chi connectivity index (χ2n) is 4.30. The molecule has 0 radical (unpaired) electrons. The fraction of sp³-hybridized carbons (Fsp3) is 0.364. The molecule has 116 valence electrons. The molecule has 2 aromatic heterocycles. The first-order valence-electron chi connectivity index (χ1n) is 5.79. The summed E-state index contributed by atoms with van der Waals surface area (Å²) in [7, 11) is -4.35. The van der Waals surface area contributed by atoms with Gasteiger partial charge in [-0.15, -0.1) is 0 Å². The van der Waals surface area contributed by atoms with Crippen LogP contribution in [0.4, 0.5) is 13.2 Å². The summed E-state index contributed by atoms with van der Waals surface area (Å²) in [5.74, 6) is 0.401. The van der Waals surface area contributed by atoms with Crippen LogP contribution in [0.2, 0.25) is 0 Å². The van der Waals surface area contributed by atoms with Crippen molar-refractivity contribution in [2.75, 3.05) is 6.54 Å². The summed E-state index contributed by atoms with van der Waals surface area (Å²) in [5, 5.41) is -0.393. The fourth-order valence-corrected chi connectivity index (χ4v) is 3.02. The molecule has 0 fully saturated rings. The van der Waals surface area contributed by atoms with Crippen LogP contribution in [0.1, 0.15) is 11.6 Å². The maximum Gasteiger partial charge on any atom is 0.402 e. The minimum Gasteiger partial charge on any atom is -0.468 e. The molecule has 0 saturated carbocycles. The third kappa shape index (κ3) is 3.85. The largest absolute Gasteiger partial charge is 0.468 e. The van der Waals surface area contributed by atoms with E-state index in [4.69, 9.17) is 4.42 Å². The highest BCUT2D eigenvalue weighted by Gasteiger charge is 2.38. The number of hydrogen-bond donors (Lipinski definition) is 1. The van der Waals surface area contributed by atoms with Crippen molar-refractivity contribution in [1.29, 1.82) is 0 Å². The molecule has 0 bridgehead atoms. The maximum atomic E-state index is 12.6. The van der Waals surface area contributed by atoms with Crippen molar-refractivity contribution in [2.24, 2.45) is 0 Å². The van der Waals surface area contributed by atoms with Gasteiger partial charge in [-0.1, -0.05) is 0 Å². The van der Waals surface area contributed by atoms with Crippen LogP contribution in [-0.4, -0.2) is 35.4 Å². The number of imidazole rings is 1. The summed E-state index contributed by atoms with van der Waals surface area (Å²) < 4.78 is 67.6. The highest BCUT2D eigenvalue weighted by Crippen LogP contribution is 2.24. The lowest BCUT2D eigenvalue weighted by Gasteiger charge is -2.21. The molecule has 0 spiro atoms. The number of aromatic nitrogens is 2. The predicted molar refractivity (Wildman–Crippen MR) is 65.7 cm³/mol. The topological polar surface area (TPSA) is 79.2 Å². The van der Waals surface area contributed by atoms with Gasteiger partial charge in [0.05, 0.1) is 19.0 Å². The molecule has 2 aromatic rings. The van der Waals surface area contributed by atoms with Gasteiger partial charge in [-0.05, 0) is 19.1 Å². The van der Waals surface area contributed by atoms with E-state index in [2.05, 4.69) is 9.97 Å². The standard InChI is InChI=1S/C11H12F3N3O3S/c1-8-15-5-10(16-8)21(18,19)17(7-11(12,13)14)6-9-3-2-4-20-9/h2-5H,6-7H2,1H3,(H,15,16). The molecule has 0 aliphatic rings. The summed E-state index contributed by atoms with van der Waals surface area (Å²) >= 11 is 0. The Morgan fingerprint density at radius 2 is 2.14 bits per heavy atom. The second-order valence-corrected chi connectivity index (χ2v) is 6.21. The summed E-state index contributed by atoms with van der Waals surface area (Å²) in [6.07, 6.45) is -2.43. The van der Waals surface area contributed by atoms with Gasteiger partial charge in [0, 0.05) is 0 Å². The highest BCUT2D eigenvalue weighted by molar-refractivity contribution is 7.89. The number of sulfonamides is 1. The van der Waals surface area contributed by atoms with E-state index in [9.17, 15) is 21.6 Å². The van der Waals surface area contributed by atoms with Gasteiger partial charge in [0.15, 0.2) is 5.03 Å². The van der Waals surface area contributed by atoms with E-state index in [1.807, 2.05) is 0 Å². The van der Waals surface area contributed by atoms with Crippen molar-refractivity contribution < 1.29 is 26.0 Å². The third-order valence-electron chi connectivity index (χ3n) is 2.57. The monoisotopic (exact) mass is 323 g/mol. The van der Waals surface area contributed by atoms with Crippen LogP contribution < -0.4 is 0 Å². The number of H-pyrrole nitrogens is 1. The van der Waals surface area contributed by atoms with E-state index in [1.54, 1.807) is 0 Å². The van der Waals surface area contributed by atoms with Crippen molar-refractivity contribution in [2.45, 2.75) is 24.7 Å². The van der Waals surface area contributed by atoms with E-state index < -0.39 is 34.3 Å². The van der Waals surface area contributed by atoms with Crippen molar-refractivity contribution >= 4 is 10.0 Å². The Kier molecular flexibility index (Phi) is 4.10. The number of rotatable bonds is 5. The number of furan rings is 1. The van der Waals surface area contributed by atoms with E-state index in [0.717, 1.165) is 6.20 Å². The SMILES string of the molecule is Cc1ncc(S(=O)(=O)N(Cc2ccco2)CC(F)(F)F)[nH]1. The smallest absolute Gasteiger partial charge is 0.402 e. The second kappa shape index (κ2) is 5.53. The lowest BCUT2D eigenvalue weighted by Crippen LogP contribution is -2.38. The van der Waals surface area contributed by atoms with Crippen LogP contribution in [0.25, 0.3) is 0 Å². The number of aromatic amines is 1. The molecule has 2 heterocycles. The van der Waals surface area contributed by atoms with Crippen LogP contribution in [0.15, 0.2) is 34.0 Å². The first-order valence-corrected chi connectivity index (χ1v) is 7.23. The van der Waals surface area contributed by atoms with Crippen molar-refractivity contribution in [3.05, 3.63) is 36.2 Å². The van der Waals surface area contributed by atoms with Crippen LogP contribution in [-0.2, 0) is 16.6 Å². The summed E-state index contributed by atoms with van der Waals surface area (Å²) in [5.41, 5.74) is 0. The molecule has 0 aromatic carbocycles. The molecule has 0 saturated heterocycles. The first kappa shape index (κ1) is 15.6. The molecule has 2 rings (SSSR count). The molecule has 6 nitrogen and oxygen atoms in total. The molecule has 0 aliphatic carbocycles. The number of alkyl halides is 3. The third-order valence-corrected chi connectivity index (χ3v) is 4.27. The summed E-state index contributed by atoms with van der Waals surface area (Å²) in [6, 6.07) is 2.87. The number of hydrogen-bond acceptors (Lipinski definition) is 4. The number of nitrogens with one attached hydrogen (secondary N) is 1. The van der Waals surface area contributed by atoms with E-state index in [-0.39, 0.29) is 5.76 Å². The Bertz CT molecular complexity index is 692. The summed E-state index contributed by atoms with van der Waals surface area (Å²) in [4.78, 5) is 6.12. The lowest BCUT2D eigenvalue weighted by atomic mass is 10.4. The summed E-state index contributed by atoms with van der Waals surface area (Å²) in [6.45, 7) is -0.638.